The Hall–Kier alpha value is -5.50. The molecule has 5 aromatic rings. The summed E-state index contributed by atoms with van der Waals surface area (Å²) in [6, 6.07) is 23.0. The first-order valence-corrected chi connectivity index (χ1v) is 13.4. The highest BCUT2D eigenvalue weighted by Crippen LogP contribution is 2.40. The van der Waals surface area contributed by atoms with Gasteiger partial charge in [-0.2, -0.15) is 0 Å². The number of hydrogen-bond acceptors (Lipinski definition) is 6. The number of ether oxygens (including phenoxy) is 2. The van der Waals surface area contributed by atoms with E-state index >= 15 is 0 Å². The number of fused-ring (bicyclic) bond motifs is 5. The molecule has 8 heteroatoms. The van der Waals surface area contributed by atoms with Gasteiger partial charge in [0.25, 0.3) is 11.8 Å². The minimum atomic E-state index is -0.104. The van der Waals surface area contributed by atoms with E-state index in [-0.39, 0.29) is 11.8 Å². The molecule has 3 aromatic carbocycles. The van der Waals surface area contributed by atoms with Gasteiger partial charge >= 0.3 is 0 Å². The molecule has 2 aliphatic heterocycles. The van der Waals surface area contributed by atoms with E-state index in [2.05, 4.69) is 0 Å². The molecule has 2 aliphatic rings. The van der Waals surface area contributed by atoms with Gasteiger partial charge in [-0.15, -0.1) is 0 Å². The van der Waals surface area contributed by atoms with E-state index in [0.29, 0.717) is 45.1 Å². The summed E-state index contributed by atoms with van der Waals surface area (Å²) in [5.41, 5.74) is 7.06. The average Bonchev–Trinajstić information content (AvgIpc) is 3.40. The van der Waals surface area contributed by atoms with E-state index in [0.717, 1.165) is 33.3 Å². The molecule has 0 saturated carbocycles. The molecule has 0 N–H and O–H groups in total. The molecule has 42 heavy (non-hydrogen) atoms. The standard InChI is InChI=1S/C34H26N4O4/c1-37-29-13-11-23(41-3)17-25(29)27(33(37)39)15-21-9-7-19-5-6-20-8-10-22(36-32(20)31(19)35-21)16-28-26-18-24(42-4)12-14-30(26)38(2)34(28)40/h5-18H,1-4H3/b27-15+,28-16+. The van der Waals surface area contributed by atoms with E-state index in [1.54, 1.807) is 38.1 Å². The van der Waals surface area contributed by atoms with Gasteiger partial charge in [-0.25, -0.2) is 9.97 Å². The highest BCUT2D eigenvalue weighted by Gasteiger charge is 2.31. The van der Waals surface area contributed by atoms with Crippen molar-refractivity contribution in [2.45, 2.75) is 0 Å². The summed E-state index contributed by atoms with van der Waals surface area (Å²) in [4.78, 5) is 39.5. The molecule has 0 bridgehead atoms. The van der Waals surface area contributed by atoms with Crippen molar-refractivity contribution in [2.75, 3.05) is 38.1 Å². The maximum atomic E-state index is 13.2. The Labute approximate surface area is 242 Å². The Kier molecular flexibility index (Phi) is 5.79. The minimum absolute atomic E-state index is 0.104. The zero-order chi connectivity index (χ0) is 29.1. The van der Waals surface area contributed by atoms with Crippen LogP contribution in [0.25, 0.3) is 45.1 Å². The van der Waals surface area contributed by atoms with Crippen molar-refractivity contribution in [3.63, 3.8) is 0 Å². The summed E-state index contributed by atoms with van der Waals surface area (Å²) >= 11 is 0. The summed E-state index contributed by atoms with van der Waals surface area (Å²) in [7, 11) is 6.73. The number of likely N-dealkylation sites (N-methyl/N-ethyl adjacent to an activating group) is 2. The van der Waals surface area contributed by atoms with Crippen LogP contribution in [0.3, 0.4) is 0 Å². The Morgan fingerprint density at radius 2 is 1.00 bits per heavy atom. The predicted molar refractivity (Wildman–Crippen MR) is 166 cm³/mol. The number of methoxy groups -OCH3 is 2. The van der Waals surface area contributed by atoms with Crippen molar-refractivity contribution >= 4 is 68.3 Å². The first-order chi connectivity index (χ1) is 20.4. The smallest absolute Gasteiger partial charge is 0.258 e. The Morgan fingerprint density at radius 3 is 1.40 bits per heavy atom. The number of pyridine rings is 2. The third-order valence-electron chi connectivity index (χ3n) is 7.93. The van der Waals surface area contributed by atoms with Crippen LogP contribution in [-0.4, -0.2) is 50.1 Å². The van der Waals surface area contributed by atoms with Crippen LogP contribution in [0.1, 0.15) is 22.5 Å². The second kappa shape index (κ2) is 9.55. The zero-order valence-electron chi connectivity index (χ0n) is 23.5. The van der Waals surface area contributed by atoms with Crippen LogP contribution in [0.5, 0.6) is 11.5 Å². The number of carbonyl (C=O) groups is 2. The first kappa shape index (κ1) is 25.5. The molecule has 0 saturated heterocycles. The maximum absolute atomic E-state index is 13.2. The van der Waals surface area contributed by atoms with Gasteiger partial charge in [0.05, 0.1) is 59.2 Å². The van der Waals surface area contributed by atoms with Gasteiger partial charge in [0.15, 0.2) is 0 Å². The number of anilines is 2. The molecule has 0 atom stereocenters. The van der Waals surface area contributed by atoms with Gasteiger partial charge in [0.2, 0.25) is 0 Å². The zero-order valence-corrected chi connectivity index (χ0v) is 23.5. The second-order valence-corrected chi connectivity index (χ2v) is 10.3. The molecule has 8 nitrogen and oxygen atoms in total. The Balaban J connectivity index is 1.35. The fraction of sp³-hybridized carbons (Fsp3) is 0.118. The fourth-order valence-electron chi connectivity index (χ4n) is 5.64. The van der Waals surface area contributed by atoms with Crippen molar-refractivity contribution in [2.24, 2.45) is 0 Å². The van der Waals surface area contributed by atoms with E-state index in [1.807, 2.05) is 84.9 Å². The normalized spacial score (nSPS) is 16.2. The van der Waals surface area contributed by atoms with Gasteiger partial charge in [-0.3, -0.25) is 9.59 Å². The van der Waals surface area contributed by atoms with Crippen molar-refractivity contribution < 1.29 is 19.1 Å². The first-order valence-electron chi connectivity index (χ1n) is 13.4. The van der Waals surface area contributed by atoms with Gasteiger partial charge < -0.3 is 19.3 Å². The van der Waals surface area contributed by atoms with Gasteiger partial charge in [-0.05, 0) is 60.7 Å². The van der Waals surface area contributed by atoms with Crippen LogP contribution in [0.15, 0.2) is 72.8 Å². The van der Waals surface area contributed by atoms with Crippen molar-refractivity contribution in [3.8, 4) is 11.5 Å². The lowest BCUT2D eigenvalue weighted by Gasteiger charge is -2.09. The number of hydrogen-bond donors (Lipinski definition) is 0. The molecule has 2 amide bonds. The number of nitrogens with zero attached hydrogens (tertiary/aromatic N) is 4. The summed E-state index contributed by atoms with van der Waals surface area (Å²) in [6.45, 7) is 0. The number of amides is 2. The molecule has 0 radical (unpaired) electrons. The molecule has 2 aromatic heterocycles. The molecule has 206 valence electrons. The topological polar surface area (TPSA) is 84.9 Å². The molecule has 0 aliphatic carbocycles. The number of carbonyl (C=O) groups excluding carboxylic acids is 2. The highest BCUT2D eigenvalue weighted by atomic mass is 16.5. The average molecular weight is 555 g/mol. The van der Waals surface area contributed by atoms with Gasteiger partial charge in [0.1, 0.15) is 11.5 Å². The Bertz CT molecular complexity index is 1900. The van der Waals surface area contributed by atoms with E-state index in [9.17, 15) is 9.59 Å². The van der Waals surface area contributed by atoms with Gasteiger partial charge in [-0.1, -0.05) is 24.3 Å². The summed E-state index contributed by atoms with van der Waals surface area (Å²) in [5.74, 6) is 1.15. The number of benzene rings is 3. The fourth-order valence-corrected chi connectivity index (χ4v) is 5.64. The van der Waals surface area contributed by atoms with Gasteiger partial charge in [0, 0.05) is 36.0 Å². The van der Waals surface area contributed by atoms with Crippen LogP contribution >= 0.6 is 0 Å². The van der Waals surface area contributed by atoms with Crippen LogP contribution in [-0.2, 0) is 9.59 Å². The highest BCUT2D eigenvalue weighted by molar-refractivity contribution is 6.36. The molecule has 7 rings (SSSR count). The Morgan fingerprint density at radius 1 is 0.595 bits per heavy atom. The number of aromatic nitrogens is 2. The quantitative estimate of drug-likeness (QED) is 0.205. The largest absolute Gasteiger partial charge is 0.497 e. The van der Waals surface area contributed by atoms with E-state index in [4.69, 9.17) is 19.4 Å². The lowest BCUT2D eigenvalue weighted by molar-refractivity contribution is -0.113. The van der Waals surface area contributed by atoms with Crippen molar-refractivity contribution in [1.29, 1.82) is 0 Å². The third-order valence-corrected chi connectivity index (χ3v) is 7.93. The monoisotopic (exact) mass is 554 g/mol. The summed E-state index contributed by atoms with van der Waals surface area (Å²) in [6.07, 6.45) is 3.62. The van der Waals surface area contributed by atoms with Crippen LogP contribution in [0.4, 0.5) is 11.4 Å². The van der Waals surface area contributed by atoms with Crippen molar-refractivity contribution in [1.82, 2.24) is 9.97 Å². The second-order valence-electron chi connectivity index (χ2n) is 10.3. The minimum Gasteiger partial charge on any atom is -0.497 e. The third kappa shape index (κ3) is 3.91. The predicted octanol–water partition coefficient (Wildman–Crippen LogP) is 5.83. The lowest BCUT2D eigenvalue weighted by atomic mass is 10.0. The molecule has 4 heterocycles. The summed E-state index contributed by atoms with van der Waals surface area (Å²) in [5, 5.41) is 1.84. The maximum Gasteiger partial charge on any atom is 0.258 e. The van der Waals surface area contributed by atoms with Crippen LogP contribution in [0, 0.1) is 0 Å². The molecular weight excluding hydrogens is 528 g/mol. The molecule has 0 fully saturated rings. The SMILES string of the molecule is COc1ccc2c(c1)/C(=C\c1ccc3ccc4ccc(/C=C5/C(=O)N(C)c6ccc(OC)cc65)nc4c3n1)C(=O)N2C. The molecule has 0 spiro atoms. The number of rotatable bonds is 4. The van der Waals surface area contributed by atoms with E-state index < -0.39 is 0 Å². The van der Waals surface area contributed by atoms with Crippen LogP contribution < -0.4 is 19.3 Å². The molecular formula is C34H26N4O4. The van der Waals surface area contributed by atoms with Crippen LogP contribution in [0.2, 0.25) is 0 Å². The molecule has 0 unspecified atom stereocenters. The summed E-state index contributed by atoms with van der Waals surface area (Å²) < 4.78 is 10.8. The van der Waals surface area contributed by atoms with Crippen molar-refractivity contribution in [3.05, 3.63) is 95.3 Å². The van der Waals surface area contributed by atoms with E-state index in [1.165, 1.54) is 0 Å². The lowest BCUT2D eigenvalue weighted by Crippen LogP contribution is -2.20.